The highest BCUT2D eigenvalue weighted by Gasteiger charge is 2.33. The van der Waals surface area contributed by atoms with E-state index in [0.29, 0.717) is 39.9 Å². The minimum atomic E-state index is -0.585. The lowest BCUT2D eigenvalue weighted by atomic mass is 9.99. The number of halogens is 2. The predicted molar refractivity (Wildman–Crippen MR) is 115 cm³/mol. The molecule has 0 saturated carbocycles. The van der Waals surface area contributed by atoms with Crippen LogP contribution >= 0.6 is 23.2 Å². The Balaban J connectivity index is 1.75. The van der Waals surface area contributed by atoms with E-state index in [1.54, 1.807) is 47.4 Å². The Morgan fingerprint density at radius 1 is 1.00 bits per heavy atom. The lowest BCUT2D eigenvalue weighted by Gasteiger charge is -2.35. The number of piperidine rings is 1. The van der Waals surface area contributed by atoms with E-state index in [1.165, 1.54) is 6.92 Å². The van der Waals surface area contributed by atoms with Gasteiger partial charge in [-0.15, -0.1) is 0 Å². The van der Waals surface area contributed by atoms with E-state index in [-0.39, 0.29) is 17.7 Å². The number of hydrogen-bond acceptors (Lipinski definition) is 3. The van der Waals surface area contributed by atoms with Crippen molar-refractivity contribution in [3.8, 4) is 0 Å². The van der Waals surface area contributed by atoms with Gasteiger partial charge in [0.25, 0.3) is 5.91 Å². The fraction of sp³-hybridized carbons (Fsp3) is 0.286. The zero-order valence-corrected chi connectivity index (χ0v) is 17.4. The van der Waals surface area contributed by atoms with E-state index in [0.717, 1.165) is 12.8 Å². The molecule has 6 nitrogen and oxygen atoms in total. The van der Waals surface area contributed by atoms with Gasteiger partial charge in [-0.3, -0.25) is 14.4 Å². The highest BCUT2D eigenvalue weighted by Crippen LogP contribution is 2.27. The van der Waals surface area contributed by atoms with Crippen LogP contribution < -0.4 is 10.6 Å². The van der Waals surface area contributed by atoms with Crippen LogP contribution in [0.3, 0.4) is 0 Å². The number of rotatable bonds is 4. The fourth-order valence-corrected chi connectivity index (χ4v) is 3.78. The molecule has 1 atom stereocenters. The van der Waals surface area contributed by atoms with Crippen LogP contribution in [0.25, 0.3) is 0 Å². The molecule has 2 N–H and O–H groups in total. The number of likely N-dealkylation sites (tertiary alicyclic amines) is 1. The summed E-state index contributed by atoms with van der Waals surface area (Å²) in [4.78, 5) is 38.6. The molecule has 3 amide bonds. The molecule has 3 rings (SSSR count). The molecule has 0 radical (unpaired) electrons. The molecule has 8 heteroatoms. The van der Waals surface area contributed by atoms with Crippen LogP contribution in [0.1, 0.15) is 36.5 Å². The zero-order chi connectivity index (χ0) is 21.0. The summed E-state index contributed by atoms with van der Waals surface area (Å²) in [6, 6.07) is 10.9. The maximum atomic E-state index is 13.0. The average molecular weight is 434 g/mol. The standard InChI is InChI=1S/C21H21Cl2N3O3/c1-13(27)24-16-8-5-14(6-9-16)21(29)26-11-3-2-4-19(26)20(28)25-18-10-7-15(22)12-17(18)23/h5-10,12,19H,2-4,11H2,1H3,(H,24,27)(H,25,28). The Morgan fingerprint density at radius 3 is 2.38 bits per heavy atom. The van der Waals surface area contributed by atoms with E-state index in [2.05, 4.69) is 10.6 Å². The van der Waals surface area contributed by atoms with Crippen LogP contribution in [0.5, 0.6) is 0 Å². The molecule has 2 aromatic rings. The smallest absolute Gasteiger partial charge is 0.254 e. The van der Waals surface area contributed by atoms with Gasteiger partial charge in [0.15, 0.2) is 0 Å². The Morgan fingerprint density at radius 2 is 1.72 bits per heavy atom. The molecule has 0 spiro atoms. The molecule has 1 fully saturated rings. The Bertz CT molecular complexity index is 931. The predicted octanol–water partition coefficient (Wildman–Crippen LogP) is 4.59. The van der Waals surface area contributed by atoms with Crippen molar-refractivity contribution in [3.05, 3.63) is 58.1 Å². The highest BCUT2D eigenvalue weighted by atomic mass is 35.5. The molecule has 1 saturated heterocycles. The molecule has 0 aliphatic carbocycles. The second-order valence-corrected chi connectivity index (χ2v) is 7.73. The second kappa shape index (κ2) is 9.29. The van der Waals surface area contributed by atoms with Crippen LogP contribution in [0.15, 0.2) is 42.5 Å². The van der Waals surface area contributed by atoms with Crippen molar-refractivity contribution in [1.29, 1.82) is 0 Å². The number of amides is 3. The monoisotopic (exact) mass is 433 g/mol. The van der Waals surface area contributed by atoms with Gasteiger partial charge in [0.05, 0.1) is 10.7 Å². The molecule has 1 aliphatic rings. The quantitative estimate of drug-likeness (QED) is 0.739. The summed E-state index contributed by atoms with van der Waals surface area (Å²) in [5.41, 5.74) is 1.53. The van der Waals surface area contributed by atoms with Gasteiger partial charge < -0.3 is 15.5 Å². The number of hydrogen-bond donors (Lipinski definition) is 2. The summed E-state index contributed by atoms with van der Waals surface area (Å²) in [5, 5.41) is 6.29. The minimum absolute atomic E-state index is 0.183. The zero-order valence-electron chi connectivity index (χ0n) is 15.9. The Kier molecular flexibility index (Phi) is 6.77. The number of anilines is 2. The number of benzene rings is 2. The van der Waals surface area contributed by atoms with E-state index in [1.807, 2.05) is 0 Å². The van der Waals surface area contributed by atoms with E-state index < -0.39 is 6.04 Å². The summed E-state index contributed by atoms with van der Waals surface area (Å²) in [7, 11) is 0. The first-order chi connectivity index (χ1) is 13.8. The fourth-order valence-electron chi connectivity index (χ4n) is 3.32. The first-order valence-electron chi connectivity index (χ1n) is 9.29. The van der Waals surface area contributed by atoms with Crippen molar-refractivity contribution >= 4 is 52.3 Å². The van der Waals surface area contributed by atoms with Gasteiger partial charge in [0.1, 0.15) is 6.04 Å². The normalized spacial score (nSPS) is 16.2. The minimum Gasteiger partial charge on any atom is -0.327 e. The SMILES string of the molecule is CC(=O)Nc1ccc(C(=O)N2CCCCC2C(=O)Nc2ccc(Cl)cc2Cl)cc1. The van der Waals surface area contributed by atoms with Gasteiger partial charge in [-0.2, -0.15) is 0 Å². The Hall–Kier alpha value is -2.57. The van der Waals surface area contributed by atoms with Gasteiger partial charge in [-0.05, 0) is 61.7 Å². The molecule has 2 aromatic carbocycles. The Labute approximate surface area is 179 Å². The summed E-state index contributed by atoms with van der Waals surface area (Å²) in [6.07, 6.45) is 2.27. The van der Waals surface area contributed by atoms with Crippen molar-refractivity contribution < 1.29 is 14.4 Å². The largest absolute Gasteiger partial charge is 0.327 e. The first kappa shape index (κ1) is 21.1. The topological polar surface area (TPSA) is 78.5 Å². The van der Waals surface area contributed by atoms with E-state index in [4.69, 9.17) is 23.2 Å². The average Bonchev–Trinajstić information content (AvgIpc) is 2.69. The van der Waals surface area contributed by atoms with Crippen molar-refractivity contribution in [3.63, 3.8) is 0 Å². The van der Waals surface area contributed by atoms with Crippen molar-refractivity contribution in [2.75, 3.05) is 17.2 Å². The summed E-state index contributed by atoms with van der Waals surface area (Å²) < 4.78 is 0. The van der Waals surface area contributed by atoms with Crippen molar-refractivity contribution in [1.82, 2.24) is 4.90 Å². The third kappa shape index (κ3) is 5.28. The van der Waals surface area contributed by atoms with Crippen LogP contribution in [0.2, 0.25) is 10.0 Å². The van der Waals surface area contributed by atoms with Crippen LogP contribution in [0, 0.1) is 0 Å². The van der Waals surface area contributed by atoms with Crippen LogP contribution in [-0.2, 0) is 9.59 Å². The second-order valence-electron chi connectivity index (χ2n) is 6.88. The lowest BCUT2D eigenvalue weighted by molar-refractivity contribution is -0.121. The molecule has 0 bridgehead atoms. The number of nitrogens with one attached hydrogen (secondary N) is 2. The molecule has 0 aromatic heterocycles. The highest BCUT2D eigenvalue weighted by molar-refractivity contribution is 6.36. The molecule has 1 unspecified atom stereocenters. The molecule has 1 heterocycles. The van der Waals surface area contributed by atoms with Gasteiger partial charge >= 0.3 is 0 Å². The summed E-state index contributed by atoms with van der Waals surface area (Å²) in [5.74, 6) is -0.684. The van der Waals surface area contributed by atoms with E-state index >= 15 is 0 Å². The summed E-state index contributed by atoms with van der Waals surface area (Å²) in [6.45, 7) is 1.92. The molecular weight excluding hydrogens is 413 g/mol. The number of carbonyl (C=O) groups excluding carboxylic acids is 3. The van der Waals surface area contributed by atoms with Crippen molar-refractivity contribution in [2.45, 2.75) is 32.2 Å². The van der Waals surface area contributed by atoms with Gasteiger partial charge in [0, 0.05) is 29.7 Å². The lowest BCUT2D eigenvalue weighted by Crippen LogP contribution is -2.50. The number of carbonyl (C=O) groups is 3. The molecule has 1 aliphatic heterocycles. The maximum Gasteiger partial charge on any atom is 0.254 e. The van der Waals surface area contributed by atoms with E-state index in [9.17, 15) is 14.4 Å². The molecular formula is C21H21Cl2N3O3. The van der Waals surface area contributed by atoms with Crippen LogP contribution in [0.4, 0.5) is 11.4 Å². The van der Waals surface area contributed by atoms with Crippen molar-refractivity contribution in [2.24, 2.45) is 0 Å². The third-order valence-electron chi connectivity index (χ3n) is 4.71. The molecule has 29 heavy (non-hydrogen) atoms. The molecule has 152 valence electrons. The van der Waals surface area contributed by atoms with Crippen LogP contribution in [-0.4, -0.2) is 35.2 Å². The third-order valence-corrected chi connectivity index (χ3v) is 5.26. The maximum absolute atomic E-state index is 13.0. The number of nitrogens with zero attached hydrogens (tertiary/aromatic N) is 1. The first-order valence-corrected chi connectivity index (χ1v) is 10.1. The van der Waals surface area contributed by atoms with Gasteiger partial charge in [0.2, 0.25) is 11.8 Å². The summed E-state index contributed by atoms with van der Waals surface area (Å²) >= 11 is 12.0. The van der Waals surface area contributed by atoms with Gasteiger partial charge in [-0.25, -0.2) is 0 Å². The van der Waals surface area contributed by atoms with Gasteiger partial charge in [-0.1, -0.05) is 23.2 Å².